The Kier molecular flexibility index (Phi) is 3.90. The molecule has 2 aromatic heterocycles. The van der Waals surface area contributed by atoms with Crippen molar-refractivity contribution in [2.45, 2.75) is 37.8 Å². The van der Waals surface area contributed by atoms with E-state index in [-0.39, 0.29) is 18.0 Å². The van der Waals surface area contributed by atoms with Crippen LogP contribution in [0.4, 0.5) is 10.3 Å². The van der Waals surface area contributed by atoms with Crippen molar-refractivity contribution in [3.63, 3.8) is 0 Å². The van der Waals surface area contributed by atoms with E-state index in [1.807, 2.05) is 16.8 Å². The Balaban J connectivity index is 1.61. The van der Waals surface area contributed by atoms with Gasteiger partial charge in [0, 0.05) is 23.8 Å². The first-order valence-electron chi connectivity index (χ1n) is 8.24. The Morgan fingerprint density at radius 2 is 1.96 bits per heavy atom. The number of aromatic nitrogens is 3. The van der Waals surface area contributed by atoms with Gasteiger partial charge in [0.15, 0.2) is 0 Å². The number of hydrogen-bond acceptors (Lipinski definition) is 4. The summed E-state index contributed by atoms with van der Waals surface area (Å²) in [7, 11) is 0. The molecule has 0 spiro atoms. The maximum atomic E-state index is 13.6. The largest absolute Gasteiger partial charge is 0.393 e. The molecule has 0 aliphatic heterocycles. The Morgan fingerprint density at radius 1 is 1.12 bits per heavy atom. The van der Waals surface area contributed by atoms with E-state index in [0.29, 0.717) is 11.8 Å². The van der Waals surface area contributed by atoms with E-state index in [0.717, 1.165) is 36.6 Å². The second-order valence-electron chi connectivity index (χ2n) is 6.28. The average Bonchev–Trinajstić information content (AvgIpc) is 3.00. The molecule has 5 nitrogen and oxygen atoms in total. The molecule has 24 heavy (non-hydrogen) atoms. The number of nitrogens with one attached hydrogen (secondary N) is 1. The summed E-state index contributed by atoms with van der Waals surface area (Å²) in [5.74, 6) is 0.992. The minimum atomic E-state index is -0.268. The van der Waals surface area contributed by atoms with Gasteiger partial charge in [-0.25, -0.2) is 9.37 Å². The molecule has 3 aromatic rings. The van der Waals surface area contributed by atoms with Crippen molar-refractivity contribution in [1.82, 2.24) is 14.5 Å². The number of aliphatic hydroxyl groups is 1. The van der Waals surface area contributed by atoms with Gasteiger partial charge < -0.3 is 15.0 Å². The predicted molar refractivity (Wildman–Crippen MR) is 90.7 cm³/mol. The second kappa shape index (κ2) is 6.20. The highest BCUT2D eigenvalue weighted by atomic mass is 19.1. The number of hydrogen-bond donors (Lipinski definition) is 2. The number of anilines is 1. The molecule has 1 saturated carbocycles. The van der Waals surface area contributed by atoms with Crippen LogP contribution in [-0.4, -0.2) is 31.8 Å². The van der Waals surface area contributed by atoms with Crippen LogP contribution in [0.25, 0.3) is 16.7 Å². The second-order valence-corrected chi connectivity index (χ2v) is 6.28. The molecule has 2 N–H and O–H groups in total. The van der Waals surface area contributed by atoms with E-state index >= 15 is 0 Å². The van der Waals surface area contributed by atoms with Crippen LogP contribution >= 0.6 is 0 Å². The topological polar surface area (TPSA) is 63.0 Å². The highest BCUT2D eigenvalue weighted by Gasteiger charge is 2.20. The molecule has 4 rings (SSSR count). The summed E-state index contributed by atoms with van der Waals surface area (Å²) >= 11 is 0. The highest BCUT2D eigenvalue weighted by molar-refractivity contribution is 5.81. The predicted octanol–water partition coefficient (Wildman–Crippen LogP) is 3.28. The molecule has 0 radical (unpaired) electrons. The van der Waals surface area contributed by atoms with Gasteiger partial charge in [0.05, 0.1) is 11.6 Å². The van der Waals surface area contributed by atoms with Crippen molar-refractivity contribution in [1.29, 1.82) is 0 Å². The highest BCUT2D eigenvalue weighted by Crippen LogP contribution is 2.23. The molecular formula is C18H19FN4O. The normalized spacial score (nSPS) is 21.1. The Bertz CT molecular complexity index is 855. The Labute approximate surface area is 139 Å². The summed E-state index contributed by atoms with van der Waals surface area (Å²) in [6.45, 7) is 0. The lowest BCUT2D eigenvalue weighted by Gasteiger charge is -2.26. The molecule has 0 saturated heterocycles. The number of rotatable bonds is 3. The van der Waals surface area contributed by atoms with Crippen LogP contribution in [0, 0.1) is 5.82 Å². The minimum absolute atomic E-state index is 0.184. The van der Waals surface area contributed by atoms with Crippen molar-refractivity contribution in [2.24, 2.45) is 0 Å². The van der Waals surface area contributed by atoms with Gasteiger partial charge >= 0.3 is 0 Å². The van der Waals surface area contributed by atoms with Gasteiger partial charge in [-0.3, -0.25) is 0 Å². The van der Waals surface area contributed by atoms with Crippen LogP contribution in [0.5, 0.6) is 0 Å². The standard InChI is InChI=1S/C18H19FN4O/c19-13-2-1-12-8-10-23(16(12)11-13)17-7-9-20-18(22-17)21-14-3-5-15(24)6-4-14/h1-2,7-11,14-15,24H,3-6H2,(H,20,21,22)/t14-,15-. The van der Waals surface area contributed by atoms with Crippen LogP contribution in [0.2, 0.25) is 0 Å². The lowest BCUT2D eigenvalue weighted by atomic mass is 9.93. The van der Waals surface area contributed by atoms with E-state index in [4.69, 9.17) is 0 Å². The molecule has 1 aliphatic carbocycles. The smallest absolute Gasteiger partial charge is 0.224 e. The van der Waals surface area contributed by atoms with E-state index in [2.05, 4.69) is 15.3 Å². The minimum Gasteiger partial charge on any atom is -0.393 e. The lowest BCUT2D eigenvalue weighted by molar-refractivity contribution is 0.126. The van der Waals surface area contributed by atoms with Crippen LogP contribution < -0.4 is 5.32 Å². The van der Waals surface area contributed by atoms with Crippen LogP contribution in [-0.2, 0) is 0 Å². The molecule has 1 aromatic carbocycles. The third kappa shape index (κ3) is 2.97. The first-order valence-corrected chi connectivity index (χ1v) is 8.24. The van der Waals surface area contributed by atoms with Crippen molar-refractivity contribution in [3.8, 4) is 5.82 Å². The monoisotopic (exact) mass is 326 g/mol. The number of aliphatic hydroxyl groups excluding tert-OH is 1. The Morgan fingerprint density at radius 3 is 2.79 bits per heavy atom. The maximum absolute atomic E-state index is 13.6. The number of fused-ring (bicyclic) bond motifs is 1. The SMILES string of the molecule is O[C@H]1CC[C@H](Nc2nccc(-n3ccc4ccc(F)cc43)n2)CC1. The van der Waals surface area contributed by atoms with E-state index in [9.17, 15) is 9.50 Å². The molecule has 6 heteroatoms. The molecule has 1 fully saturated rings. The number of nitrogens with zero attached hydrogens (tertiary/aromatic N) is 3. The van der Waals surface area contributed by atoms with Crippen molar-refractivity contribution >= 4 is 16.9 Å². The summed E-state index contributed by atoms with van der Waals surface area (Å²) < 4.78 is 15.4. The quantitative estimate of drug-likeness (QED) is 0.775. The molecule has 124 valence electrons. The van der Waals surface area contributed by atoms with Crippen molar-refractivity contribution < 1.29 is 9.50 Å². The van der Waals surface area contributed by atoms with Gasteiger partial charge in [-0.2, -0.15) is 4.98 Å². The van der Waals surface area contributed by atoms with Gasteiger partial charge in [0.1, 0.15) is 11.6 Å². The van der Waals surface area contributed by atoms with Gasteiger partial charge in [-0.15, -0.1) is 0 Å². The number of benzene rings is 1. The summed E-state index contributed by atoms with van der Waals surface area (Å²) in [5.41, 5.74) is 0.778. The molecule has 2 heterocycles. The Hall–Kier alpha value is -2.47. The molecule has 0 atom stereocenters. The van der Waals surface area contributed by atoms with Crippen molar-refractivity contribution in [2.75, 3.05) is 5.32 Å². The summed E-state index contributed by atoms with van der Waals surface area (Å²) in [4.78, 5) is 8.85. The zero-order valence-corrected chi connectivity index (χ0v) is 13.2. The van der Waals surface area contributed by atoms with Gasteiger partial charge in [0.2, 0.25) is 5.95 Å². The fourth-order valence-corrected chi connectivity index (χ4v) is 3.26. The van der Waals surface area contributed by atoms with Crippen LogP contribution in [0.1, 0.15) is 25.7 Å². The maximum Gasteiger partial charge on any atom is 0.224 e. The fraction of sp³-hybridized carbons (Fsp3) is 0.333. The van der Waals surface area contributed by atoms with Crippen molar-refractivity contribution in [3.05, 3.63) is 48.5 Å². The molecule has 0 amide bonds. The average molecular weight is 326 g/mol. The summed E-state index contributed by atoms with van der Waals surface area (Å²) in [6.07, 6.45) is 6.83. The van der Waals surface area contributed by atoms with E-state index in [1.54, 1.807) is 18.3 Å². The summed E-state index contributed by atoms with van der Waals surface area (Å²) in [5, 5.41) is 13.9. The first kappa shape index (κ1) is 15.1. The van der Waals surface area contributed by atoms with Crippen LogP contribution in [0.3, 0.4) is 0 Å². The number of halogens is 1. The van der Waals surface area contributed by atoms with Gasteiger partial charge in [0.25, 0.3) is 0 Å². The zero-order valence-electron chi connectivity index (χ0n) is 13.2. The van der Waals surface area contributed by atoms with Crippen LogP contribution in [0.15, 0.2) is 42.7 Å². The van der Waals surface area contributed by atoms with E-state index < -0.39 is 0 Å². The first-order chi connectivity index (χ1) is 11.7. The lowest BCUT2D eigenvalue weighted by Crippen LogP contribution is -2.29. The third-order valence-electron chi connectivity index (χ3n) is 4.57. The fourth-order valence-electron chi connectivity index (χ4n) is 3.26. The summed E-state index contributed by atoms with van der Waals surface area (Å²) in [6, 6.07) is 8.74. The molecule has 1 aliphatic rings. The molecule has 0 bridgehead atoms. The third-order valence-corrected chi connectivity index (χ3v) is 4.57. The molecular weight excluding hydrogens is 307 g/mol. The zero-order chi connectivity index (χ0) is 16.5. The van der Waals surface area contributed by atoms with Gasteiger partial charge in [-0.05, 0) is 56.0 Å². The van der Waals surface area contributed by atoms with E-state index in [1.165, 1.54) is 12.1 Å². The molecule has 0 unspecified atom stereocenters. The van der Waals surface area contributed by atoms with Gasteiger partial charge in [-0.1, -0.05) is 0 Å².